The topological polar surface area (TPSA) is 32.3 Å². The summed E-state index contributed by atoms with van der Waals surface area (Å²) in [5.41, 5.74) is 0. The minimum Gasteiger partial charge on any atom is -0.396 e. The zero-order valence-electron chi connectivity index (χ0n) is 8.34. The van der Waals surface area contributed by atoms with E-state index in [1.54, 1.807) is 0 Å². The molecule has 0 rings (SSSR count). The van der Waals surface area contributed by atoms with E-state index >= 15 is 0 Å². The first kappa shape index (κ1) is 12.3. The molecular weight excluding hydrogens is 170 g/mol. The molecule has 0 amide bonds. The summed E-state index contributed by atoms with van der Waals surface area (Å²) < 4.78 is 0. The van der Waals surface area contributed by atoms with E-state index in [0.717, 1.165) is 12.2 Å². The van der Waals surface area contributed by atoms with Crippen LogP contribution in [0.5, 0.6) is 0 Å². The molecule has 12 heavy (non-hydrogen) atoms. The fourth-order valence-corrected chi connectivity index (χ4v) is 2.19. The lowest BCUT2D eigenvalue weighted by atomic mass is 10.3. The highest BCUT2D eigenvalue weighted by molar-refractivity contribution is 7.99. The van der Waals surface area contributed by atoms with Crippen LogP contribution in [0.15, 0.2) is 0 Å². The predicted octanol–water partition coefficient (Wildman–Crippen LogP) is 1.49. The Hall–Kier alpha value is 0.270. The van der Waals surface area contributed by atoms with Crippen LogP contribution in [-0.4, -0.2) is 35.8 Å². The molecule has 2 N–H and O–H groups in total. The zero-order chi connectivity index (χ0) is 9.40. The van der Waals surface area contributed by atoms with E-state index in [2.05, 4.69) is 19.2 Å². The molecule has 0 aromatic carbocycles. The largest absolute Gasteiger partial charge is 0.396 e. The van der Waals surface area contributed by atoms with E-state index in [-0.39, 0.29) is 0 Å². The van der Waals surface area contributed by atoms with Crippen molar-refractivity contribution in [2.45, 2.75) is 38.0 Å². The van der Waals surface area contributed by atoms with Gasteiger partial charge in [-0.25, -0.2) is 0 Å². The second-order valence-electron chi connectivity index (χ2n) is 3.05. The molecule has 0 aromatic heterocycles. The van der Waals surface area contributed by atoms with Crippen LogP contribution in [-0.2, 0) is 0 Å². The van der Waals surface area contributed by atoms with Crippen LogP contribution in [0.4, 0.5) is 0 Å². The van der Waals surface area contributed by atoms with Gasteiger partial charge < -0.3 is 10.4 Å². The van der Waals surface area contributed by atoms with Crippen molar-refractivity contribution in [1.29, 1.82) is 0 Å². The van der Waals surface area contributed by atoms with Crippen molar-refractivity contribution in [2.75, 3.05) is 19.4 Å². The number of aliphatic hydroxyl groups is 1. The average Bonchev–Trinajstić information content (AvgIpc) is 2.07. The maximum Gasteiger partial charge on any atom is 0.0441 e. The standard InChI is InChI=1S/C9H21NOS/c1-4-9(10-3)7-12-8(2)5-6-11/h8-11H,4-7H2,1-3H3. The van der Waals surface area contributed by atoms with Gasteiger partial charge in [-0.3, -0.25) is 0 Å². The van der Waals surface area contributed by atoms with Crippen molar-refractivity contribution in [3.8, 4) is 0 Å². The minimum absolute atomic E-state index is 0.310. The third-order valence-electron chi connectivity index (χ3n) is 2.02. The van der Waals surface area contributed by atoms with E-state index in [1.165, 1.54) is 6.42 Å². The van der Waals surface area contributed by atoms with Crippen molar-refractivity contribution >= 4 is 11.8 Å². The van der Waals surface area contributed by atoms with E-state index in [1.807, 2.05) is 18.8 Å². The van der Waals surface area contributed by atoms with Crippen LogP contribution in [0.25, 0.3) is 0 Å². The molecule has 0 aromatic rings. The third-order valence-corrected chi connectivity index (χ3v) is 3.42. The van der Waals surface area contributed by atoms with Crippen LogP contribution in [0.2, 0.25) is 0 Å². The maximum absolute atomic E-state index is 8.69. The Balaban J connectivity index is 3.37. The highest BCUT2D eigenvalue weighted by Gasteiger charge is 2.06. The van der Waals surface area contributed by atoms with E-state index < -0.39 is 0 Å². The fourth-order valence-electron chi connectivity index (χ4n) is 0.951. The molecule has 2 atom stereocenters. The van der Waals surface area contributed by atoms with Gasteiger partial charge in [0.05, 0.1) is 0 Å². The lowest BCUT2D eigenvalue weighted by Gasteiger charge is -2.16. The van der Waals surface area contributed by atoms with Crippen LogP contribution < -0.4 is 5.32 Å². The van der Waals surface area contributed by atoms with Crippen LogP contribution >= 0.6 is 11.8 Å². The number of hydrogen-bond donors (Lipinski definition) is 2. The van der Waals surface area contributed by atoms with E-state index in [4.69, 9.17) is 5.11 Å². The van der Waals surface area contributed by atoms with Gasteiger partial charge in [-0.2, -0.15) is 11.8 Å². The third kappa shape index (κ3) is 5.86. The molecule has 0 heterocycles. The Bertz CT molecular complexity index is 96.5. The number of rotatable bonds is 7. The Morgan fingerprint density at radius 3 is 2.58 bits per heavy atom. The van der Waals surface area contributed by atoms with Crippen molar-refractivity contribution in [3.05, 3.63) is 0 Å². The molecule has 0 fully saturated rings. The Morgan fingerprint density at radius 2 is 2.17 bits per heavy atom. The van der Waals surface area contributed by atoms with Gasteiger partial charge in [0.15, 0.2) is 0 Å². The Morgan fingerprint density at radius 1 is 1.50 bits per heavy atom. The number of aliphatic hydroxyl groups excluding tert-OH is 1. The van der Waals surface area contributed by atoms with Gasteiger partial charge in [0, 0.05) is 23.7 Å². The van der Waals surface area contributed by atoms with E-state index in [9.17, 15) is 0 Å². The molecule has 0 bridgehead atoms. The van der Waals surface area contributed by atoms with Gasteiger partial charge in [0.1, 0.15) is 0 Å². The summed E-state index contributed by atoms with van der Waals surface area (Å²) in [5, 5.41) is 12.5. The first-order valence-electron chi connectivity index (χ1n) is 4.64. The molecule has 0 saturated heterocycles. The smallest absolute Gasteiger partial charge is 0.0441 e. The summed E-state index contributed by atoms with van der Waals surface area (Å²) in [6, 6.07) is 0.621. The molecule has 0 radical (unpaired) electrons. The first-order valence-corrected chi connectivity index (χ1v) is 5.69. The molecule has 0 aliphatic rings. The number of nitrogens with one attached hydrogen (secondary N) is 1. The molecule has 0 aliphatic carbocycles. The van der Waals surface area contributed by atoms with E-state index in [0.29, 0.717) is 17.9 Å². The van der Waals surface area contributed by atoms with Gasteiger partial charge >= 0.3 is 0 Å². The summed E-state index contributed by atoms with van der Waals surface area (Å²) in [6.45, 7) is 4.67. The summed E-state index contributed by atoms with van der Waals surface area (Å²) >= 11 is 1.94. The average molecular weight is 191 g/mol. The van der Waals surface area contributed by atoms with Crippen LogP contribution in [0.3, 0.4) is 0 Å². The second-order valence-corrected chi connectivity index (χ2v) is 4.52. The lowest BCUT2D eigenvalue weighted by molar-refractivity contribution is 0.289. The summed E-state index contributed by atoms with van der Waals surface area (Å²) in [7, 11) is 2.01. The monoisotopic (exact) mass is 191 g/mol. The molecular formula is C9H21NOS. The van der Waals surface area contributed by atoms with Crippen molar-refractivity contribution in [3.63, 3.8) is 0 Å². The quantitative estimate of drug-likeness (QED) is 0.639. The summed E-state index contributed by atoms with van der Waals surface area (Å²) in [5.74, 6) is 1.15. The summed E-state index contributed by atoms with van der Waals surface area (Å²) in [6.07, 6.45) is 2.08. The lowest BCUT2D eigenvalue weighted by Crippen LogP contribution is -2.27. The molecule has 0 saturated carbocycles. The Kier molecular flexibility index (Phi) is 8.07. The molecule has 74 valence electrons. The van der Waals surface area contributed by atoms with Gasteiger partial charge in [-0.15, -0.1) is 0 Å². The van der Waals surface area contributed by atoms with Crippen LogP contribution in [0, 0.1) is 0 Å². The molecule has 0 aliphatic heterocycles. The van der Waals surface area contributed by atoms with Crippen LogP contribution in [0.1, 0.15) is 26.7 Å². The van der Waals surface area contributed by atoms with Gasteiger partial charge in [-0.1, -0.05) is 13.8 Å². The zero-order valence-corrected chi connectivity index (χ0v) is 9.16. The first-order chi connectivity index (χ1) is 5.74. The fraction of sp³-hybridized carbons (Fsp3) is 1.00. The minimum atomic E-state index is 0.310. The molecule has 3 heteroatoms. The van der Waals surface area contributed by atoms with Gasteiger partial charge in [0.2, 0.25) is 0 Å². The normalized spacial score (nSPS) is 16.0. The number of thioether (sulfide) groups is 1. The maximum atomic E-state index is 8.69. The van der Waals surface area contributed by atoms with Crippen molar-refractivity contribution in [1.82, 2.24) is 5.32 Å². The highest BCUT2D eigenvalue weighted by Crippen LogP contribution is 2.15. The Labute approximate surface area is 80.1 Å². The number of hydrogen-bond acceptors (Lipinski definition) is 3. The predicted molar refractivity (Wildman–Crippen MR) is 56.8 cm³/mol. The second kappa shape index (κ2) is 7.90. The van der Waals surface area contributed by atoms with Crippen molar-refractivity contribution < 1.29 is 5.11 Å². The highest BCUT2D eigenvalue weighted by atomic mass is 32.2. The SMILES string of the molecule is CCC(CSC(C)CCO)NC. The molecule has 2 nitrogen and oxygen atoms in total. The summed E-state index contributed by atoms with van der Waals surface area (Å²) in [4.78, 5) is 0. The van der Waals surface area contributed by atoms with Crippen molar-refractivity contribution in [2.24, 2.45) is 0 Å². The van der Waals surface area contributed by atoms with Gasteiger partial charge in [0.25, 0.3) is 0 Å². The van der Waals surface area contributed by atoms with Gasteiger partial charge in [-0.05, 0) is 19.9 Å². The molecule has 2 unspecified atom stereocenters. The molecule has 0 spiro atoms.